The van der Waals surface area contributed by atoms with Crippen LogP contribution in [0.25, 0.3) is 0 Å². The van der Waals surface area contributed by atoms with Gasteiger partial charge in [0.05, 0.1) is 0 Å². The van der Waals surface area contributed by atoms with Crippen LogP contribution in [-0.2, 0) is 6.54 Å². The first-order chi connectivity index (χ1) is 6.69. The van der Waals surface area contributed by atoms with E-state index in [2.05, 4.69) is 11.0 Å². The Hall–Kier alpha value is -0.800. The minimum Gasteiger partial charge on any atom is -0.466 e. The molecule has 0 aliphatic carbocycles. The lowest BCUT2D eigenvalue weighted by molar-refractivity contribution is 0.0476. The molecule has 0 spiro atoms. The first-order valence-electron chi connectivity index (χ1n) is 5.08. The summed E-state index contributed by atoms with van der Waals surface area (Å²) in [6.07, 6.45) is 0. The van der Waals surface area contributed by atoms with Crippen molar-refractivity contribution in [2.45, 2.75) is 20.4 Å². The van der Waals surface area contributed by atoms with Crippen LogP contribution >= 0.6 is 0 Å². The van der Waals surface area contributed by atoms with Crippen molar-refractivity contribution in [3.8, 4) is 0 Å². The van der Waals surface area contributed by atoms with Crippen LogP contribution in [0.5, 0.6) is 0 Å². The van der Waals surface area contributed by atoms with E-state index < -0.39 is 0 Å². The molecule has 1 fully saturated rings. The number of nitrogens with zero attached hydrogens (tertiary/aromatic N) is 1. The van der Waals surface area contributed by atoms with Crippen molar-refractivity contribution in [3.05, 3.63) is 23.2 Å². The van der Waals surface area contributed by atoms with Gasteiger partial charge in [-0.15, -0.1) is 0 Å². The van der Waals surface area contributed by atoms with E-state index >= 15 is 0 Å². The van der Waals surface area contributed by atoms with Crippen molar-refractivity contribution in [1.82, 2.24) is 4.90 Å². The topological polar surface area (TPSA) is 36.6 Å². The molecule has 14 heavy (non-hydrogen) atoms. The van der Waals surface area contributed by atoms with Gasteiger partial charge in [-0.05, 0) is 19.9 Å². The molecule has 3 nitrogen and oxygen atoms in total. The Bertz CT molecular complexity index is 313. The zero-order chi connectivity index (χ0) is 10.1. The van der Waals surface area contributed by atoms with Crippen LogP contribution in [0.1, 0.15) is 17.1 Å². The van der Waals surface area contributed by atoms with E-state index in [9.17, 15) is 0 Å². The molecule has 0 saturated carbocycles. The fourth-order valence-corrected chi connectivity index (χ4v) is 2.00. The third kappa shape index (κ3) is 1.83. The van der Waals surface area contributed by atoms with Crippen LogP contribution < -0.4 is 0 Å². The molecule has 1 aromatic heterocycles. The Kier molecular flexibility index (Phi) is 2.61. The lowest BCUT2D eigenvalue weighted by atomic mass is 10.0. The lowest BCUT2D eigenvalue weighted by Gasteiger charge is -2.38. The molecule has 0 aromatic carbocycles. The number of aliphatic hydroxyl groups is 1. The Morgan fingerprint density at radius 3 is 2.71 bits per heavy atom. The smallest absolute Gasteiger partial charge is 0.105 e. The van der Waals surface area contributed by atoms with Gasteiger partial charge in [0.2, 0.25) is 0 Å². The van der Waals surface area contributed by atoms with Crippen LogP contribution in [0.4, 0.5) is 0 Å². The van der Waals surface area contributed by atoms with Crippen LogP contribution in [0.2, 0.25) is 0 Å². The van der Waals surface area contributed by atoms with Gasteiger partial charge in [0.1, 0.15) is 11.5 Å². The van der Waals surface area contributed by atoms with Gasteiger partial charge in [0.25, 0.3) is 0 Å². The minimum atomic E-state index is 0.319. The summed E-state index contributed by atoms with van der Waals surface area (Å²) in [6.45, 7) is 7.29. The zero-order valence-corrected chi connectivity index (χ0v) is 8.79. The predicted octanol–water partition coefficient (Wildman–Crippen LogP) is 1.32. The number of aliphatic hydroxyl groups excluding tert-OH is 1. The number of hydrogen-bond acceptors (Lipinski definition) is 3. The molecule has 1 aliphatic heterocycles. The van der Waals surface area contributed by atoms with Crippen molar-refractivity contribution >= 4 is 0 Å². The molecular formula is C11H17NO2. The summed E-state index contributed by atoms with van der Waals surface area (Å²) >= 11 is 0. The standard InChI is InChI=1S/C11H17NO2/c1-8-3-11(9(2)14-8)6-12-4-10(5-12)7-13/h3,10,13H,4-7H2,1-2H3. The third-order valence-corrected chi connectivity index (χ3v) is 2.83. The summed E-state index contributed by atoms with van der Waals surface area (Å²) in [5, 5.41) is 8.88. The zero-order valence-electron chi connectivity index (χ0n) is 8.79. The third-order valence-electron chi connectivity index (χ3n) is 2.83. The molecular weight excluding hydrogens is 178 g/mol. The number of rotatable bonds is 3. The molecule has 0 bridgehead atoms. The fraction of sp³-hybridized carbons (Fsp3) is 0.636. The second-order valence-electron chi connectivity index (χ2n) is 4.18. The quantitative estimate of drug-likeness (QED) is 0.790. The van der Waals surface area contributed by atoms with E-state index in [1.165, 1.54) is 5.56 Å². The first-order valence-corrected chi connectivity index (χ1v) is 5.08. The van der Waals surface area contributed by atoms with E-state index in [1.807, 2.05) is 13.8 Å². The Morgan fingerprint density at radius 2 is 2.21 bits per heavy atom. The molecule has 1 aromatic rings. The van der Waals surface area contributed by atoms with Crippen molar-refractivity contribution in [1.29, 1.82) is 0 Å². The molecule has 0 radical (unpaired) electrons. The Balaban J connectivity index is 1.90. The van der Waals surface area contributed by atoms with E-state index in [0.29, 0.717) is 12.5 Å². The van der Waals surface area contributed by atoms with Gasteiger partial charge >= 0.3 is 0 Å². The maximum absolute atomic E-state index is 8.88. The summed E-state index contributed by atoms with van der Waals surface area (Å²) in [5.41, 5.74) is 1.28. The molecule has 1 aliphatic rings. The van der Waals surface area contributed by atoms with E-state index in [0.717, 1.165) is 31.2 Å². The number of likely N-dealkylation sites (tertiary alicyclic amines) is 1. The monoisotopic (exact) mass is 195 g/mol. The summed E-state index contributed by atoms with van der Waals surface area (Å²) in [4.78, 5) is 2.33. The minimum absolute atomic E-state index is 0.319. The van der Waals surface area contributed by atoms with Crippen molar-refractivity contribution in [3.63, 3.8) is 0 Å². The van der Waals surface area contributed by atoms with E-state index in [-0.39, 0.29) is 0 Å². The second kappa shape index (κ2) is 3.75. The van der Waals surface area contributed by atoms with E-state index in [4.69, 9.17) is 9.52 Å². The molecule has 2 rings (SSSR count). The second-order valence-corrected chi connectivity index (χ2v) is 4.18. The normalized spacial score (nSPS) is 18.5. The molecule has 2 heterocycles. The van der Waals surface area contributed by atoms with Crippen molar-refractivity contribution in [2.75, 3.05) is 19.7 Å². The number of hydrogen-bond donors (Lipinski definition) is 1. The molecule has 0 unspecified atom stereocenters. The van der Waals surface area contributed by atoms with Gasteiger partial charge in [0, 0.05) is 37.7 Å². The summed E-state index contributed by atoms with van der Waals surface area (Å²) in [7, 11) is 0. The van der Waals surface area contributed by atoms with Gasteiger partial charge in [0.15, 0.2) is 0 Å². The van der Waals surface area contributed by atoms with Crippen LogP contribution in [0, 0.1) is 19.8 Å². The fourth-order valence-electron chi connectivity index (χ4n) is 2.00. The molecule has 1 N–H and O–H groups in total. The highest BCUT2D eigenvalue weighted by molar-refractivity contribution is 5.20. The number of aryl methyl sites for hydroxylation is 2. The first kappa shape index (κ1) is 9.74. The van der Waals surface area contributed by atoms with Gasteiger partial charge in [-0.25, -0.2) is 0 Å². The summed E-state index contributed by atoms with van der Waals surface area (Å²) in [5.74, 6) is 2.50. The molecule has 0 atom stereocenters. The predicted molar refractivity (Wildman–Crippen MR) is 54.0 cm³/mol. The SMILES string of the molecule is Cc1cc(CN2CC(CO)C2)c(C)o1. The van der Waals surface area contributed by atoms with Crippen molar-refractivity contribution < 1.29 is 9.52 Å². The lowest BCUT2D eigenvalue weighted by Crippen LogP contribution is -2.47. The molecule has 78 valence electrons. The van der Waals surface area contributed by atoms with Crippen molar-refractivity contribution in [2.24, 2.45) is 5.92 Å². The summed E-state index contributed by atoms with van der Waals surface area (Å²) < 4.78 is 5.46. The van der Waals surface area contributed by atoms with Crippen LogP contribution in [0.3, 0.4) is 0 Å². The van der Waals surface area contributed by atoms with Crippen LogP contribution in [-0.4, -0.2) is 29.7 Å². The average molecular weight is 195 g/mol. The largest absolute Gasteiger partial charge is 0.466 e. The highest BCUT2D eigenvalue weighted by Gasteiger charge is 2.26. The van der Waals surface area contributed by atoms with Crippen LogP contribution in [0.15, 0.2) is 10.5 Å². The highest BCUT2D eigenvalue weighted by Crippen LogP contribution is 2.21. The Labute approximate surface area is 84.3 Å². The molecule has 1 saturated heterocycles. The highest BCUT2D eigenvalue weighted by atomic mass is 16.3. The average Bonchev–Trinajstić information content (AvgIpc) is 2.37. The van der Waals surface area contributed by atoms with E-state index in [1.54, 1.807) is 0 Å². The maximum atomic E-state index is 8.88. The maximum Gasteiger partial charge on any atom is 0.105 e. The van der Waals surface area contributed by atoms with Gasteiger partial charge in [-0.3, -0.25) is 4.90 Å². The molecule has 0 amide bonds. The molecule has 3 heteroatoms. The Morgan fingerprint density at radius 1 is 1.50 bits per heavy atom. The number of furan rings is 1. The summed E-state index contributed by atoms with van der Waals surface area (Å²) in [6, 6.07) is 2.10. The van der Waals surface area contributed by atoms with Gasteiger partial charge in [-0.2, -0.15) is 0 Å². The van der Waals surface area contributed by atoms with Gasteiger partial charge in [-0.1, -0.05) is 0 Å². The van der Waals surface area contributed by atoms with Gasteiger partial charge < -0.3 is 9.52 Å².